The number of nitrogens with zero attached hydrogens (tertiary/aromatic N) is 1. The fourth-order valence-corrected chi connectivity index (χ4v) is 4.05. The highest BCUT2D eigenvalue weighted by molar-refractivity contribution is 6.30. The summed E-state index contributed by atoms with van der Waals surface area (Å²) in [6.45, 7) is 0. The summed E-state index contributed by atoms with van der Waals surface area (Å²) in [5, 5.41) is 12.9. The maximum atomic E-state index is 11.1. The summed E-state index contributed by atoms with van der Waals surface area (Å²) in [4.78, 5) is 4.81. The second kappa shape index (κ2) is 7.15. The Morgan fingerprint density at radius 3 is 2.44 bits per heavy atom. The van der Waals surface area contributed by atoms with Crippen LogP contribution in [-0.2, 0) is 0 Å². The molecule has 1 N–H and O–H groups in total. The minimum absolute atomic E-state index is 0.345. The summed E-state index contributed by atoms with van der Waals surface area (Å²) < 4.78 is 0. The Kier molecular flexibility index (Phi) is 4.74. The third-order valence-corrected chi connectivity index (χ3v) is 5.56. The Bertz CT molecular complexity index is 869. The zero-order valence-corrected chi connectivity index (χ0v) is 14.9. The minimum Gasteiger partial charge on any atom is -0.388 e. The topological polar surface area (TPSA) is 33.1 Å². The molecule has 2 nitrogen and oxygen atoms in total. The van der Waals surface area contributed by atoms with E-state index in [1.807, 2.05) is 42.5 Å². The molecular formula is C22H22ClNO. The Balaban J connectivity index is 1.82. The number of pyridine rings is 1. The molecule has 0 radical (unpaired) electrons. The fourth-order valence-electron chi connectivity index (χ4n) is 3.92. The lowest BCUT2D eigenvalue weighted by Gasteiger charge is -2.27. The van der Waals surface area contributed by atoms with Crippen LogP contribution in [0.25, 0.3) is 22.2 Å². The van der Waals surface area contributed by atoms with Crippen LogP contribution in [0.3, 0.4) is 0 Å². The van der Waals surface area contributed by atoms with Crippen LogP contribution < -0.4 is 0 Å². The van der Waals surface area contributed by atoms with Crippen LogP contribution in [0.4, 0.5) is 0 Å². The predicted molar refractivity (Wildman–Crippen MR) is 104 cm³/mol. The van der Waals surface area contributed by atoms with Crippen molar-refractivity contribution in [2.75, 3.05) is 0 Å². The number of halogens is 1. The van der Waals surface area contributed by atoms with Gasteiger partial charge in [0.1, 0.15) is 0 Å². The van der Waals surface area contributed by atoms with Gasteiger partial charge in [0.05, 0.1) is 17.3 Å². The van der Waals surface area contributed by atoms with Gasteiger partial charge >= 0.3 is 0 Å². The first kappa shape index (κ1) is 16.6. The number of hydrogen-bond donors (Lipinski definition) is 1. The molecule has 128 valence electrons. The molecule has 0 amide bonds. The van der Waals surface area contributed by atoms with Crippen molar-refractivity contribution in [2.24, 2.45) is 5.92 Å². The van der Waals surface area contributed by atoms with E-state index in [4.69, 9.17) is 16.6 Å². The molecule has 0 bridgehead atoms. The van der Waals surface area contributed by atoms with Gasteiger partial charge in [-0.2, -0.15) is 0 Å². The number of benzene rings is 2. The predicted octanol–water partition coefficient (Wildman–Crippen LogP) is 6.17. The lowest BCUT2D eigenvalue weighted by atomic mass is 9.82. The van der Waals surface area contributed by atoms with Gasteiger partial charge < -0.3 is 5.11 Å². The number of aliphatic hydroxyl groups is 1. The van der Waals surface area contributed by atoms with Crippen LogP contribution in [-0.4, -0.2) is 10.1 Å². The van der Waals surface area contributed by atoms with Crippen molar-refractivity contribution < 1.29 is 5.11 Å². The normalized spacial score (nSPS) is 16.9. The van der Waals surface area contributed by atoms with E-state index in [0.29, 0.717) is 10.9 Å². The Morgan fingerprint density at radius 1 is 0.960 bits per heavy atom. The molecule has 4 rings (SSSR count). The van der Waals surface area contributed by atoms with Gasteiger partial charge in [0.25, 0.3) is 0 Å². The summed E-state index contributed by atoms with van der Waals surface area (Å²) in [6.07, 6.45) is 5.50. The molecule has 0 spiro atoms. The number of aromatic nitrogens is 1. The highest BCUT2D eigenvalue weighted by Crippen LogP contribution is 2.38. The van der Waals surface area contributed by atoms with Gasteiger partial charge in [-0.1, -0.05) is 61.2 Å². The molecule has 2 aromatic carbocycles. The quantitative estimate of drug-likeness (QED) is 0.612. The number of hydrogen-bond acceptors (Lipinski definition) is 2. The van der Waals surface area contributed by atoms with Crippen molar-refractivity contribution in [3.8, 4) is 11.3 Å². The lowest BCUT2D eigenvalue weighted by molar-refractivity contribution is 0.0861. The maximum Gasteiger partial charge on any atom is 0.0825 e. The summed E-state index contributed by atoms with van der Waals surface area (Å²) in [7, 11) is 0. The summed E-state index contributed by atoms with van der Waals surface area (Å²) in [5.41, 5.74) is 3.84. The molecule has 1 aliphatic carbocycles. The van der Waals surface area contributed by atoms with Crippen molar-refractivity contribution >= 4 is 22.5 Å². The molecule has 3 heteroatoms. The van der Waals surface area contributed by atoms with Gasteiger partial charge in [-0.25, -0.2) is 4.98 Å². The Hall–Kier alpha value is -1.90. The van der Waals surface area contributed by atoms with Crippen molar-refractivity contribution in [3.05, 3.63) is 65.2 Å². The van der Waals surface area contributed by atoms with Crippen molar-refractivity contribution in [3.63, 3.8) is 0 Å². The molecule has 1 saturated carbocycles. The van der Waals surface area contributed by atoms with Gasteiger partial charge in [0, 0.05) is 16.0 Å². The second-order valence-corrected chi connectivity index (χ2v) is 7.40. The van der Waals surface area contributed by atoms with Gasteiger partial charge in [0.15, 0.2) is 0 Å². The molecule has 1 aromatic heterocycles. The average molecular weight is 352 g/mol. The van der Waals surface area contributed by atoms with Gasteiger partial charge in [-0.15, -0.1) is 0 Å². The second-order valence-electron chi connectivity index (χ2n) is 6.96. The van der Waals surface area contributed by atoms with Crippen LogP contribution in [0, 0.1) is 5.92 Å². The summed E-state index contributed by atoms with van der Waals surface area (Å²) in [6, 6.07) is 17.9. The van der Waals surface area contributed by atoms with E-state index >= 15 is 0 Å². The smallest absolute Gasteiger partial charge is 0.0825 e. The number of aliphatic hydroxyl groups excluding tert-OH is 1. The standard InChI is InChI=1S/C22H22ClNO/c23-17-12-10-15(11-13-17)21-14-19(18-8-4-5-9-20(18)24-21)22(25)16-6-2-1-3-7-16/h4-5,8-14,16,22,25H,1-3,6-7H2/t22-/m0/s1. The maximum absolute atomic E-state index is 11.1. The first-order valence-electron chi connectivity index (χ1n) is 9.06. The van der Waals surface area contributed by atoms with E-state index in [9.17, 15) is 5.11 Å². The summed E-state index contributed by atoms with van der Waals surface area (Å²) >= 11 is 6.02. The number of para-hydroxylation sites is 1. The Morgan fingerprint density at radius 2 is 1.68 bits per heavy atom. The summed E-state index contributed by atoms with van der Waals surface area (Å²) in [5.74, 6) is 0.345. The molecule has 0 unspecified atom stereocenters. The molecule has 0 aliphatic heterocycles. The van der Waals surface area contributed by atoms with Gasteiger partial charge in [-0.3, -0.25) is 0 Å². The molecule has 1 heterocycles. The van der Waals surface area contributed by atoms with E-state index < -0.39 is 6.10 Å². The van der Waals surface area contributed by atoms with Crippen molar-refractivity contribution in [1.29, 1.82) is 0 Å². The lowest BCUT2D eigenvalue weighted by Crippen LogP contribution is -2.16. The average Bonchev–Trinajstić information content (AvgIpc) is 2.68. The van der Waals surface area contributed by atoms with E-state index in [-0.39, 0.29) is 0 Å². The number of fused-ring (bicyclic) bond motifs is 1. The van der Waals surface area contributed by atoms with Crippen LogP contribution in [0.5, 0.6) is 0 Å². The van der Waals surface area contributed by atoms with E-state index in [1.165, 1.54) is 19.3 Å². The number of rotatable bonds is 3. The Labute approximate surface area is 153 Å². The SMILES string of the molecule is O[C@H](c1cc(-c2ccc(Cl)cc2)nc2ccccc12)C1CCCCC1. The highest BCUT2D eigenvalue weighted by Gasteiger charge is 2.25. The van der Waals surface area contributed by atoms with Crippen molar-refractivity contribution in [2.45, 2.75) is 38.2 Å². The zero-order chi connectivity index (χ0) is 17.2. The largest absolute Gasteiger partial charge is 0.388 e. The van der Waals surface area contributed by atoms with Gasteiger partial charge in [0.2, 0.25) is 0 Å². The van der Waals surface area contributed by atoms with Gasteiger partial charge in [-0.05, 0) is 48.6 Å². The van der Waals surface area contributed by atoms with Crippen LogP contribution in [0.1, 0.15) is 43.8 Å². The highest BCUT2D eigenvalue weighted by atomic mass is 35.5. The molecule has 1 aliphatic rings. The minimum atomic E-state index is -0.431. The van der Waals surface area contributed by atoms with Crippen LogP contribution in [0.15, 0.2) is 54.6 Å². The zero-order valence-electron chi connectivity index (χ0n) is 14.2. The first-order chi connectivity index (χ1) is 12.2. The first-order valence-corrected chi connectivity index (χ1v) is 9.44. The molecule has 3 aromatic rings. The van der Waals surface area contributed by atoms with E-state index in [1.54, 1.807) is 0 Å². The molecule has 1 fully saturated rings. The fraction of sp³-hybridized carbons (Fsp3) is 0.318. The van der Waals surface area contributed by atoms with Crippen LogP contribution in [0.2, 0.25) is 5.02 Å². The third kappa shape index (κ3) is 3.42. The van der Waals surface area contributed by atoms with E-state index in [0.717, 1.165) is 40.6 Å². The molecule has 0 saturated heterocycles. The van der Waals surface area contributed by atoms with E-state index in [2.05, 4.69) is 12.1 Å². The molecule has 1 atom stereocenters. The molecular weight excluding hydrogens is 330 g/mol. The van der Waals surface area contributed by atoms with Crippen molar-refractivity contribution in [1.82, 2.24) is 4.98 Å². The monoisotopic (exact) mass is 351 g/mol. The third-order valence-electron chi connectivity index (χ3n) is 5.30. The van der Waals surface area contributed by atoms with Crippen LogP contribution >= 0.6 is 11.6 Å². The molecule has 25 heavy (non-hydrogen) atoms.